The van der Waals surface area contributed by atoms with Crippen molar-refractivity contribution in [1.29, 1.82) is 5.26 Å². The minimum Gasteiger partial charge on any atom is -0.492 e. The average molecular weight is 258 g/mol. The average Bonchev–Trinajstić information content (AvgIpc) is 2.44. The molecule has 3 heteroatoms. The number of rotatable bonds is 5. The first-order valence-corrected chi connectivity index (χ1v) is 7.12. The van der Waals surface area contributed by atoms with Crippen molar-refractivity contribution in [3.8, 4) is 11.8 Å². The van der Waals surface area contributed by atoms with Crippen LogP contribution in [0.15, 0.2) is 24.3 Å². The van der Waals surface area contributed by atoms with Gasteiger partial charge >= 0.3 is 0 Å². The van der Waals surface area contributed by atoms with E-state index in [-0.39, 0.29) is 5.92 Å². The Hall–Kier alpha value is -1.53. The van der Waals surface area contributed by atoms with E-state index in [0.717, 1.165) is 25.1 Å². The third-order valence-corrected chi connectivity index (χ3v) is 3.70. The van der Waals surface area contributed by atoms with Crippen LogP contribution in [-0.4, -0.2) is 19.2 Å². The van der Waals surface area contributed by atoms with Crippen LogP contribution >= 0.6 is 0 Å². The Balaban J connectivity index is 1.70. The molecule has 2 unspecified atom stereocenters. The van der Waals surface area contributed by atoms with E-state index in [9.17, 15) is 0 Å². The fourth-order valence-electron chi connectivity index (χ4n) is 2.65. The Bertz CT molecular complexity index is 439. The van der Waals surface area contributed by atoms with Gasteiger partial charge in [0.15, 0.2) is 0 Å². The molecule has 0 bridgehead atoms. The highest BCUT2D eigenvalue weighted by Crippen LogP contribution is 2.23. The fourth-order valence-corrected chi connectivity index (χ4v) is 2.65. The van der Waals surface area contributed by atoms with E-state index >= 15 is 0 Å². The Morgan fingerprint density at radius 3 is 3.00 bits per heavy atom. The molecule has 1 aliphatic rings. The van der Waals surface area contributed by atoms with Crippen molar-refractivity contribution < 1.29 is 4.74 Å². The van der Waals surface area contributed by atoms with Crippen molar-refractivity contribution >= 4 is 0 Å². The molecule has 0 heterocycles. The molecule has 1 saturated carbocycles. The lowest BCUT2D eigenvalue weighted by Gasteiger charge is -2.27. The minimum atomic E-state index is 0.174. The van der Waals surface area contributed by atoms with Crippen LogP contribution in [0.3, 0.4) is 0 Å². The first kappa shape index (κ1) is 13.9. The van der Waals surface area contributed by atoms with Gasteiger partial charge in [0, 0.05) is 12.6 Å². The maximum absolute atomic E-state index is 9.11. The zero-order valence-electron chi connectivity index (χ0n) is 11.6. The third-order valence-electron chi connectivity index (χ3n) is 3.70. The zero-order chi connectivity index (χ0) is 13.5. The summed E-state index contributed by atoms with van der Waals surface area (Å²) in [6.45, 7) is 3.51. The molecular formula is C16H22N2O. The highest BCUT2D eigenvalue weighted by Gasteiger charge is 2.23. The first-order chi connectivity index (χ1) is 9.29. The van der Waals surface area contributed by atoms with E-state index in [2.05, 4.69) is 24.4 Å². The summed E-state index contributed by atoms with van der Waals surface area (Å²) in [7, 11) is 0. The smallest absolute Gasteiger partial charge is 0.119 e. The second kappa shape index (κ2) is 7.16. The zero-order valence-corrected chi connectivity index (χ0v) is 11.6. The standard InChI is InChI=1S/C16H22N2O/c1-13-5-4-7-15(11-13)19-10-9-18-16-8-3-2-6-14(16)12-17/h4-5,7,11,14,16,18H,2-3,6,8-10H2,1H3. The normalized spacial score (nSPS) is 22.7. The van der Waals surface area contributed by atoms with Gasteiger partial charge in [-0.25, -0.2) is 0 Å². The maximum Gasteiger partial charge on any atom is 0.119 e. The Labute approximate surface area is 115 Å². The second-order valence-corrected chi connectivity index (χ2v) is 5.25. The molecular weight excluding hydrogens is 236 g/mol. The third kappa shape index (κ3) is 4.25. The summed E-state index contributed by atoms with van der Waals surface area (Å²) in [5, 5.41) is 12.6. The monoisotopic (exact) mass is 258 g/mol. The maximum atomic E-state index is 9.11. The van der Waals surface area contributed by atoms with Crippen LogP contribution in [0.1, 0.15) is 31.2 Å². The highest BCUT2D eigenvalue weighted by molar-refractivity contribution is 5.27. The van der Waals surface area contributed by atoms with Crippen LogP contribution in [0, 0.1) is 24.2 Å². The second-order valence-electron chi connectivity index (χ2n) is 5.25. The lowest BCUT2D eigenvalue weighted by Crippen LogP contribution is -2.39. The van der Waals surface area contributed by atoms with E-state index < -0.39 is 0 Å². The molecule has 1 N–H and O–H groups in total. The Morgan fingerprint density at radius 2 is 2.21 bits per heavy atom. The van der Waals surface area contributed by atoms with E-state index in [1.54, 1.807) is 0 Å². The number of nitrogens with one attached hydrogen (secondary N) is 1. The molecule has 0 aromatic heterocycles. The number of aryl methyl sites for hydroxylation is 1. The SMILES string of the molecule is Cc1cccc(OCCNC2CCCCC2C#N)c1. The van der Waals surface area contributed by atoms with E-state index in [4.69, 9.17) is 10.00 Å². The molecule has 102 valence electrons. The van der Waals surface area contributed by atoms with Crippen LogP contribution in [0.25, 0.3) is 0 Å². The van der Waals surface area contributed by atoms with Gasteiger partial charge in [-0.3, -0.25) is 0 Å². The van der Waals surface area contributed by atoms with Crippen molar-refractivity contribution in [2.24, 2.45) is 5.92 Å². The quantitative estimate of drug-likeness (QED) is 0.826. The molecule has 0 spiro atoms. The van der Waals surface area contributed by atoms with Gasteiger partial charge in [0.25, 0.3) is 0 Å². The van der Waals surface area contributed by atoms with Gasteiger partial charge in [0.2, 0.25) is 0 Å². The van der Waals surface area contributed by atoms with Crippen molar-refractivity contribution in [3.63, 3.8) is 0 Å². The van der Waals surface area contributed by atoms with Gasteiger partial charge in [-0.1, -0.05) is 25.0 Å². The summed E-state index contributed by atoms with van der Waals surface area (Å²) in [5.74, 6) is 1.09. The van der Waals surface area contributed by atoms with Gasteiger partial charge in [-0.15, -0.1) is 0 Å². The summed E-state index contributed by atoms with van der Waals surface area (Å²) in [6, 6.07) is 10.8. The number of hydrogen-bond acceptors (Lipinski definition) is 3. The van der Waals surface area contributed by atoms with Gasteiger partial charge in [-0.2, -0.15) is 5.26 Å². The number of nitrogens with zero attached hydrogens (tertiary/aromatic N) is 1. The predicted octanol–water partition coefficient (Wildman–Crippen LogP) is 3.05. The van der Waals surface area contributed by atoms with Crippen LogP contribution in [-0.2, 0) is 0 Å². The predicted molar refractivity (Wildman–Crippen MR) is 76.0 cm³/mol. The number of ether oxygens (including phenoxy) is 1. The lowest BCUT2D eigenvalue weighted by atomic mass is 9.85. The molecule has 1 aliphatic carbocycles. The van der Waals surface area contributed by atoms with Crippen molar-refractivity contribution in [2.45, 2.75) is 38.6 Å². The van der Waals surface area contributed by atoms with E-state index in [0.29, 0.717) is 12.6 Å². The van der Waals surface area contributed by atoms with Gasteiger partial charge in [-0.05, 0) is 37.5 Å². The Kier molecular flexibility index (Phi) is 5.23. The topological polar surface area (TPSA) is 45.0 Å². The van der Waals surface area contributed by atoms with Gasteiger partial charge in [0.1, 0.15) is 12.4 Å². The molecule has 1 aromatic rings. The van der Waals surface area contributed by atoms with Gasteiger partial charge in [0.05, 0.1) is 12.0 Å². The molecule has 0 aliphatic heterocycles. The summed E-state index contributed by atoms with van der Waals surface area (Å²) in [5.41, 5.74) is 1.21. The summed E-state index contributed by atoms with van der Waals surface area (Å²) < 4.78 is 5.70. The molecule has 19 heavy (non-hydrogen) atoms. The lowest BCUT2D eigenvalue weighted by molar-refractivity contribution is 0.268. The van der Waals surface area contributed by atoms with Crippen LogP contribution < -0.4 is 10.1 Å². The highest BCUT2D eigenvalue weighted by atomic mass is 16.5. The van der Waals surface area contributed by atoms with Crippen LogP contribution in [0.5, 0.6) is 5.75 Å². The first-order valence-electron chi connectivity index (χ1n) is 7.12. The van der Waals surface area contributed by atoms with Crippen molar-refractivity contribution in [3.05, 3.63) is 29.8 Å². The number of benzene rings is 1. The minimum absolute atomic E-state index is 0.174. The van der Waals surface area contributed by atoms with Crippen LogP contribution in [0.4, 0.5) is 0 Å². The number of hydrogen-bond donors (Lipinski definition) is 1. The Morgan fingerprint density at radius 1 is 1.37 bits per heavy atom. The molecule has 2 atom stereocenters. The van der Waals surface area contributed by atoms with E-state index in [1.807, 2.05) is 18.2 Å². The summed E-state index contributed by atoms with van der Waals surface area (Å²) in [4.78, 5) is 0. The van der Waals surface area contributed by atoms with E-state index in [1.165, 1.54) is 18.4 Å². The molecule has 1 fully saturated rings. The summed E-state index contributed by atoms with van der Waals surface area (Å²) in [6.07, 6.45) is 4.57. The molecule has 0 saturated heterocycles. The van der Waals surface area contributed by atoms with Crippen molar-refractivity contribution in [2.75, 3.05) is 13.2 Å². The van der Waals surface area contributed by atoms with Crippen LogP contribution in [0.2, 0.25) is 0 Å². The summed E-state index contributed by atoms with van der Waals surface area (Å²) >= 11 is 0. The fraction of sp³-hybridized carbons (Fsp3) is 0.562. The molecule has 0 radical (unpaired) electrons. The number of nitriles is 1. The molecule has 3 nitrogen and oxygen atoms in total. The molecule has 1 aromatic carbocycles. The largest absolute Gasteiger partial charge is 0.492 e. The van der Waals surface area contributed by atoms with Crippen molar-refractivity contribution in [1.82, 2.24) is 5.32 Å². The molecule has 2 rings (SSSR count). The molecule has 0 amide bonds. The van der Waals surface area contributed by atoms with Gasteiger partial charge < -0.3 is 10.1 Å².